The SMILES string of the molecule is C=CCN(C(=O)c1cn2ccc(C)cc2n1)[C@H]1CCS(=O)(=O)C1. The van der Waals surface area contributed by atoms with Crippen LogP contribution >= 0.6 is 0 Å². The quantitative estimate of drug-likeness (QED) is 0.794. The molecule has 2 aromatic heterocycles. The lowest BCUT2D eigenvalue weighted by Gasteiger charge is -2.26. The first-order valence-corrected chi connectivity index (χ1v) is 9.29. The molecule has 1 atom stereocenters. The fraction of sp³-hybridized carbons (Fsp3) is 0.375. The summed E-state index contributed by atoms with van der Waals surface area (Å²) in [4.78, 5) is 18.7. The van der Waals surface area contributed by atoms with E-state index in [1.165, 1.54) is 0 Å². The molecule has 1 saturated heterocycles. The summed E-state index contributed by atoms with van der Waals surface area (Å²) in [5.41, 5.74) is 2.08. The molecule has 122 valence electrons. The molecule has 0 aliphatic carbocycles. The second-order valence-corrected chi connectivity index (χ2v) is 8.13. The maximum atomic E-state index is 12.8. The first-order valence-electron chi connectivity index (χ1n) is 7.47. The third-order valence-electron chi connectivity index (χ3n) is 4.07. The molecule has 1 amide bonds. The molecule has 6 nitrogen and oxygen atoms in total. The number of hydrogen-bond donors (Lipinski definition) is 0. The number of amides is 1. The minimum Gasteiger partial charge on any atom is -0.330 e. The number of imidazole rings is 1. The molecular formula is C16H19N3O3S. The normalized spacial score (nSPS) is 19.8. The van der Waals surface area contributed by atoms with Gasteiger partial charge in [-0.1, -0.05) is 6.08 Å². The van der Waals surface area contributed by atoms with Gasteiger partial charge >= 0.3 is 0 Å². The molecular weight excluding hydrogens is 314 g/mol. The van der Waals surface area contributed by atoms with E-state index >= 15 is 0 Å². The van der Waals surface area contributed by atoms with Gasteiger partial charge in [0.15, 0.2) is 9.84 Å². The van der Waals surface area contributed by atoms with E-state index in [9.17, 15) is 13.2 Å². The number of aryl methyl sites for hydroxylation is 1. The molecule has 3 rings (SSSR count). The smallest absolute Gasteiger partial charge is 0.274 e. The van der Waals surface area contributed by atoms with Gasteiger partial charge in [0.25, 0.3) is 5.91 Å². The van der Waals surface area contributed by atoms with Crippen LogP contribution in [0.2, 0.25) is 0 Å². The summed E-state index contributed by atoms with van der Waals surface area (Å²) in [6.07, 6.45) is 5.61. The second-order valence-electron chi connectivity index (χ2n) is 5.90. The molecule has 0 radical (unpaired) electrons. The fourth-order valence-electron chi connectivity index (χ4n) is 2.89. The minimum absolute atomic E-state index is 0.0130. The zero-order chi connectivity index (χ0) is 16.6. The molecule has 0 bridgehead atoms. The number of rotatable bonds is 4. The van der Waals surface area contributed by atoms with Crippen molar-refractivity contribution in [3.05, 3.63) is 48.4 Å². The molecule has 0 unspecified atom stereocenters. The summed E-state index contributed by atoms with van der Waals surface area (Å²) < 4.78 is 25.2. The average Bonchev–Trinajstić information content (AvgIpc) is 3.06. The number of carbonyl (C=O) groups excluding carboxylic acids is 1. The van der Waals surface area contributed by atoms with Crippen molar-refractivity contribution in [1.29, 1.82) is 0 Å². The monoisotopic (exact) mass is 333 g/mol. The Morgan fingerprint density at radius 3 is 3.00 bits per heavy atom. The van der Waals surface area contributed by atoms with E-state index < -0.39 is 9.84 Å². The van der Waals surface area contributed by atoms with Gasteiger partial charge in [-0.15, -0.1) is 6.58 Å². The Hall–Kier alpha value is -2.15. The van der Waals surface area contributed by atoms with E-state index in [-0.39, 0.29) is 23.5 Å². The Morgan fingerprint density at radius 1 is 1.57 bits per heavy atom. The van der Waals surface area contributed by atoms with Crippen LogP contribution in [0.3, 0.4) is 0 Å². The third kappa shape index (κ3) is 3.14. The summed E-state index contributed by atoms with van der Waals surface area (Å²) in [6, 6.07) is 3.53. The van der Waals surface area contributed by atoms with Crippen molar-refractivity contribution < 1.29 is 13.2 Å². The summed E-state index contributed by atoms with van der Waals surface area (Å²) in [6.45, 7) is 5.94. The number of aromatic nitrogens is 2. The Bertz CT molecular complexity index is 870. The Morgan fingerprint density at radius 2 is 2.35 bits per heavy atom. The van der Waals surface area contributed by atoms with Crippen molar-refractivity contribution in [3.8, 4) is 0 Å². The second kappa shape index (κ2) is 5.81. The molecule has 0 saturated carbocycles. The van der Waals surface area contributed by atoms with Crippen LogP contribution in [0.15, 0.2) is 37.2 Å². The highest BCUT2D eigenvalue weighted by atomic mass is 32.2. The van der Waals surface area contributed by atoms with Crippen LogP contribution in [0.1, 0.15) is 22.5 Å². The van der Waals surface area contributed by atoms with Crippen molar-refractivity contribution in [3.63, 3.8) is 0 Å². The predicted molar refractivity (Wildman–Crippen MR) is 88.2 cm³/mol. The van der Waals surface area contributed by atoms with Gasteiger partial charge in [-0.25, -0.2) is 13.4 Å². The molecule has 7 heteroatoms. The molecule has 0 N–H and O–H groups in total. The number of hydrogen-bond acceptors (Lipinski definition) is 4. The van der Waals surface area contributed by atoms with Gasteiger partial charge in [0.1, 0.15) is 11.3 Å². The van der Waals surface area contributed by atoms with E-state index in [0.717, 1.165) is 5.56 Å². The molecule has 3 heterocycles. The van der Waals surface area contributed by atoms with Crippen molar-refractivity contribution in [2.24, 2.45) is 0 Å². The van der Waals surface area contributed by atoms with Gasteiger partial charge in [-0.2, -0.15) is 0 Å². The van der Waals surface area contributed by atoms with Gasteiger partial charge in [-0.3, -0.25) is 4.79 Å². The number of pyridine rings is 1. The van der Waals surface area contributed by atoms with Crippen LogP contribution in [-0.4, -0.2) is 52.7 Å². The van der Waals surface area contributed by atoms with E-state index in [1.807, 2.05) is 25.3 Å². The molecule has 23 heavy (non-hydrogen) atoms. The summed E-state index contributed by atoms with van der Waals surface area (Å²) >= 11 is 0. The third-order valence-corrected chi connectivity index (χ3v) is 5.82. The van der Waals surface area contributed by atoms with E-state index in [0.29, 0.717) is 24.3 Å². The molecule has 1 fully saturated rings. The number of carbonyl (C=O) groups is 1. The topological polar surface area (TPSA) is 71.8 Å². The van der Waals surface area contributed by atoms with Gasteiger partial charge in [-0.05, 0) is 31.0 Å². The molecule has 0 aromatic carbocycles. The first-order chi connectivity index (χ1) is 10.9. The van der Waals surface area contributed by atoms with Crippen LogP contribution < -0.4 is 0 Å². The van der Waals surface area contributed by atoms with Crippen molar-refractivity contribution in [2.75, 3.05) is 18.1 Å². The van der Waals surface area contributed by atoms with E-state index in [1.54, 1.807) is 21.6 Å². The Balaban J connectivity index is 1.92. The predicted octanol–water partition coefficient (Wildman–Crippen LogP) is 1.46. The lowest BCUT2D eigenvalue weighted by atomic mass is 10.2. The van der Waals surface area contributed by atoms with Crippen LogP contribution in [-0.2, 0) is 9.84 Å². The van der Waals surface area contributed by atoms with Crippen LogP contribution in [0.5, 0.6) is 0 Å². The van der Waals surface area contributed by atoms with E-state index in [2.05, 4.69) is 11.6 Å². The average molecular weight is 333 g/mol. The lowest BCUT2D eigenvalue weighted by molar-refractivity contribution is 0.0715. The van der Waals surface area contributed by atoms with Crippen LogP contribution in [0.25, 0.3) is 5.65 Å². The van der Waals surface area contributed by atoms with Crippen molar-refractivity contribution in [2.45, 2.75) is 19.4 Å². The highest BCUT2D eigenvalue weighted by molar-refractivity contribution is 7.91. The molecule has 2 aromatic rings. The van der Waals surface area contributed by atoms with E-state index in [4.69, 9.17) is 0 Å². The standard InChI is InChI=1S/C16H19N3O3S/c1-3-6-19(13-5-8-23(21,22)11-13)16(20)14-10-18-7-4-12(2)9-15(18)17-14/h3-4,7,9-10,13H,1,5-6,8,11H2,2H3/t13-/m0/s1. The molecule has 1 aliphatic rings. The maximum Gasteiger partial charge on any atom is 0.274 e. The van der Waals surface area contributed by atoms with Gasteiger partial charge in [0.2, 0.25) is 0 Å². The molecule has 1 aliphatic heterocycles. The number of fused-ring (bicyclic) bond motifs is 1. The fourth-order valence-corrected chi connectivity index (χ4v) is 4.62. The van der Waals surface area contributed by atoms with Crippen LogP contribution in [0.4, 0.5) is 0 Å². The minimum atomic E-state index is -3.06. The molecule has 0 spiro atoms. The summed E-state index contributed by atoms with van der Waals surface area (Å²) in [7, 11) is -3.06. The summed E-state index contributed by atoms with van der Waals surface area (Å²) in [5.74, 6) is -0.115. The largest absolute Gasteiger partial charge is 0.330 e. The zero-order valence-corrected chi connectivity index (χ0v) is 13.8. The Labute approximate surface area is 135 Å². The first kappa shape index (κ1) is 15.7. The van der Waals surface area contributed by atoms with Gasteiger partial charge in [0, 0.05) is 25.0 Å². The van der Waals surface area contributed by atoms with Gasteiger partial charge < -0.3 is 9.30 Å². The summed E-state index contributed by atoms with van der Waals surface area (Å²) in [5, 5.41) is 0. The van der Waals surface area contributed by atoms with Crippen molar-refractivity contribution in [1.82, 2.24) is 14.3 Å². The zero-order valence-electron chi connectivity index (χ0n) is 13.0. The maximum absolute atomic E-state index is 12.8. The Kier molecular flexibility index (Phi) is 3.97. The highest BCUT2D eigenvalue weighted by Crippen LogP contribution is 2.20. The highest BCUT2D eigenvalue weighted by Gasteiger charge is 2.35. The lowest BCUT2D eigenvalue weighted by Crippen LogP contribution is -2.41. The van der Waals surface area contributed by atoms with Gasteiger partial charge in [0.05, 0.1) is 11.5 Å². The van der Waals surface area contributed by atoms with Crippen molar-refractivity contribution >= 4 is 21.4 Å². The number of sulfone groups is 1. The number of nitrogens with zero attached hydrogens (tertiary/aromatic N) is 3. The van der Waals surface area contributed by atoms with Crippen LogP contribution in [0, 0.1) is 6.92 Å².